The largest absolute Gasteiger partial charge is 0.478 e. The van der Waals surface area contributed by atoms with Crippen molar-refractivity contribution >= 4 is 28.2 Å². The van der Waals surface area contributed by atoms with Gasteiger partial charge in [0.1, 0.15) is 5.82 Å². The van der Waals surface area contributed by atoms with E-state index in [4.69, 9.17) is 0 Å². The topological polar surface area (TPSA) is 62.2 Å². The molecule has 0 aliphatic heterocycles. The number of pyridine rings is 1. The molecule has 0 atom stereocenters. The summed E-state index contributed by atoms with van der Waals surface area (Å²) in [6.45, 7) is 0. The van der Waals surface area contributed by atoms with Crippen LogP contribution in [0.2, 0.25) is 0 Å². The van der Waals surface area contributed by atoms with E-state index in [9.17, 15) is 9.90 Å². The fourth-order valence-corrected chi connectivity index (χ4v) is 2.15. The summed E-state index contributed by atoms with van der Waals surface area (Å²) in [6, 6.07) is 16.6. The van der Waals surface area contributed by atoms with E-state index in [1.54, 1.807) is 24.4 Å². The second kappa shape index (κ2) is 5.01. The lowest BCUT2D eigenvalue weighted by molar-refractivity contribution is 0.0699. The number of aromatic nitrogens is 1. The Balaban J connectivity index is 2.13. The minimum absolute atomic E-state index is 0.279. The number of nitrogens with one attached hydrogen (secondary N) is 1. The van der Waals surface area contributed by atoms with Crippen molar-refractivity contribution in [2.45, 2.75) is 0 Å². The molecule has 0 aliphatic rings. The molecule has 1 aromatic heterocycles. The van der Waals surface area contributed by atoms with Gasteiger partial charge in [-0.15, -0.1) is 0 Å². The maximum atomic E-state index is 11.2. The number of anilines is 2. The van der Waals surface area contributed by atoms with Gasteiger partial charge in [-0.2, -0.15) is 0 Å². The number of carboxylic acids is 1. The molecule has 2 N–H and O–H groups in total. The summed E-state index contributed by atoms with van der Waals surface area (Å²) in [5.74, 6) is -0.288. The molecule has 98 valence electrons. The molecule has 0 spiro atoms. The zero-order valence-electron chi connectivity index (χ0n) is 10.6. The number of nitrogens with zero attached hydrogens (tertiary/aromatic N) is 1. The third-order valence-electron chi connectivity index (χ3n) is 3.07. The Hall–Kier alpha value is -2.88. The van der Waals surface area contributed by atoms with Gasteiger partial charge in [0.05, 0.1) is 5.56 Å². The highest BCUT2D eigenvalue weighted by Gasteiger charge is 2.10. The van der Waals surface area contributed by atoms with Gasteiger partial charge in [-0.05, 0) is 24.3 Å². The van der Waals surface area contributed by atoms with Crippen molar-refractivity contribution in [1.82, 2.24) is 4.98 Å². The number of hydrogen-bond donors (Lipinski definition) is 2. The van der Waals surface area contributed by atoms with E-state index in [1.165, 1.54) is 0 Å². The highest BCUT2D eigenvalue weighted by Crippen LogP contribution is 2.26. The Morgan fingerprint density at radius 1 is 0.950 bits per heavy atom. The van der Waals surface area contributed by atoms with Gasteiger partial charge in [-0.25, -0.2) is 9.78 Å². The Kier molecular flexibility index (Phi) is 3.05. The summed E-state index contributed by atoms with van der Waals surface area (Å²) in [7, 11) is 0. The third kappa shape index (κ3) is 2.19. The van der Waals surface area contributed by atoms with Crippen LogP contribution in [0.4, 0.5) is 11.5 Å². The molecular formula is C16H12N2O2. The summed E-state index contributed by atoms with van der Waals surface area (Å²) in [5, 5.41) is 13.9. The molecule has 0 saturated heterocycles. The Morgan fingerprint density at radius 2 is 1.75 bits per heavy atom. The standard InChI is InChI=1S/C16H12N2O2/c19-16(20)14-8-4-7-13-12(14)9-10-17-15(13)18-11-5-2-1-3-6-11/h1-10H,(H,17,18)(H,19,20). The molecule has 0 radical (unpaired) electrons. The van der Waals surface area contributed by atoms with Crippen LogP contribution >= 0.6 is 0 Å². The van der Waals surface area contributed by atoms with Gasteiger partial charge in [-0.1, -0.05) is 30.3 Å². The molecule has 0 unspecified atom stereocenters. The highest BCUT2D eigenvalue weighted by molar-refractivity contribution is 6.06. The third-order valence-corrected chi connectivity index (χ3v) is 3.07. The lowest BCUT2D eigenvalue weighted by Gasteiger charge is -2.09. The van der Waals surface area contributed by atoms with Crippen LogP contribution in [0.3, 0.4) is 0 Å². The molecule has 0 bridgehead atoms. The Morgan fingerprint density at radius 3 is 2.50 bits per heavy atom. The van der Waals surface area contributed by atoms with Crippen molar-refractivity contribution < 1.29 is 9.90 Å². The smallest absolute Gasteiger partial charge is 0.336 e. The number of fused-ring (bicyclic) bond motifs is 1. The van der Waals surface area contributed by atoms with Gasteiger partial charge in [0.2, 0.25) is 0 Å². The van der Waals surface area contributed by atoms with E-state index < -0.39 is 5.97 Å². The number of para-hydroxylation sites is 1. The molecule has 0 aliphatic carbocycles. The van der Waals surface area contributed by atoms with Crippen LogP contribution in [0.25, 0.3) is 10.8 Å². The van der Waals surface area contributed by atoms with Gasteiger partial charge in [0.15, 0.2) is 0 Å². The second-order valence-corrected chi connectivity index (χ2v) is 4.36. The first kappa shape index (κ1) is 12.2. The van der Waals surface area contributed by atoms with Crippen LogP contribution in [0, 0.1) is 0 Å². The molecule has 2 aromatic carbocycles. The maximum absolute atomic E-state index is 11.2. The van der Waals surface area contributed by atoms with Crippen LogP contribution in [0.5, 0.6) is 0 Å². The van der Waals surface area contributed by atoms with Crippen LogP contribution in [0.15, 0.2) is 60.8 Å². The van der Waals surface area contributed by atoms with Gasteiger partial charge in [0.25, 0.3) is 0 Å². The average molecular weight is 264 g/mol. The lowest BCUT2D eigenvalue weighted by atomic mass is 10.1. The number of rotatable bonds is 3. The van der Waals surface area contributed by atoms with Gasteiger partial charge < -0.3 is 10.4 Å². The summed E-state index contributed by atoms with van der Waals surface area (Å²) in [6.07, 6.45) is 1.61. The first-order chi connectivity index (χ1) is 9.75. The van der Waals surface area contributed by atoms with Crippen molar-refractivity contribution in [2.75, 3.05) is 5.32 Å². The molecule has 4 heteroatoms. The van der Waals surface area contributed by atoms with E-state index in [2.05, 4.69) is 10.3 Å². The SMILES string of the molecule is O=C(O)c1cccc2c(Nc3ccccc3)nccc12. The number of carbonyl (C=O) groups is 1. The normalized spacial score (nSPS) is 10.4. The van der Waals surface area contributed by atoms with Crippen LogP contribution in [-0.4, -0.2) is 16.1 Å². The van der Waals surface area contributed by atoms with E-state index in [1.807, 2.05) is 36.4 Å². The molecule has 0 amide bonds. The lowest BCUT2D eigenvalue weighted by Crippen LogP contribution is -2.00. The zero-order chi connectivity index (χ0) is 13.9. The van der Waals surface area contributed by atoms with E-state index in [0.29, 0.717) is 11.2 Å². The summed E-state index contributed by atoms with van der Waals surface area (Å²) in [4.78, 5) is 15.5. The monoisotopic (exact) mass is 264 g/mol. The van der Waals surface area contributed by atoms with Crippen molar-refractivity contribution in [3.05, 3.63) is 66.4 Å². The predicted octanol–water partition coefficient (Wildman–Crippen LogP) is 3.68. The molecule has 0 fully saturated rings. The molecule has 3 rings (SSSR count). The molecule has 1 heterocycles. The van der Waals surface area contributed by atoms with Crippen LogP contribution < -0.4 is 5.32 Å². The second-order valence-electron chi connectivity index (χ2n) is 4.36. The highest BCUT2D eigenvalue weighted by atomic mass is 16.4. The fraction of sp³-hybridized carbons (Fsp3) is 0. The summed E-state index contributed by atoms with van der Waals surface area (Å²) in [5.41, 5.74) is 1.19. The zero-order valence-corrected chi connectivity index (χ0v) is 10.6. The molecule has 20 heavy (non-hydrogen) atoms. The Labute approximate surface area is 115 Å². The number of aromatic carboxylic acids is 1. The quantitative estimate of drug-likeness (QED) is 0.757. The minimum atomic E-state index is -0.938. The number of carboxylic acid groups (broad SMARTS) is 1. The minimum Gasteiger partial charge on any atom is -0.478 e. The van der Waals surface area contributed by atoms with Crippen LogP contribution in [-0.2, 0) is 0 Å². The van der Waals surface area contributed by atoms with E-state index >= 15 is 0 Å². The van der Waals surface area contributed by atoms with Gasteiger partial charge in [0, 0.05) is 22.7 Å². The molecular weight excluding hydrogens is 252 g/mol. The molecule has 4 nitrogen and oxygen atoms in total. The van der Waals surface area contributed by atoms with Crippen molar-refractivity contribution in [3.63, 3.8) is 0 Å². The van der Waals surface area contributed by atoms with Crippen LogP contribution in [0.1, 0.15) is 10.4 Å². The summed E-state index contributed by atoms with van der Waals surface area (Å²) >= 11 is 0. The van der Waals surface area contributed by atoms with E-state index in [-0.39, 0.29) is 5.56 Å². The van der Waals surface area contributed by atoms with Crippen molar-refractivity contribution in [1.29, 1.82) is 0 Å². The van der Waals surface area contributed by atoms with Gasteiger partial charge in [-0.3, -0.25) is 0 Å². The summed E-state index contributed by atoms with van der Waals surface area (Å²) < 4.78 is 0. The van der Waals surface area contributed by atoms with Crippen molar-refractivity contribution in [3.8, 4) is 0 Å². The van der Waals surface area contributed by atoms with Crippen molar-refractivity contribution in [2.24, 2.45) is 0 Å². The average Bonchev–Trinajstić information content (AvgIpc) is 2.48. The first-order valence-corrected chi connectivity index (χ1v) is 6.19. The molecule has 0 saturated carbocycles. The number of benzene rings is 2. The van der Waals surface area contributed by atoms with Gasteiger partial charge >= 0.3 is 5.97 Å². The van der Waals surface area contributed by atoms with E-state index in [0.717, 1.165) is 11.1 Å². The predicted molar refractivity (Wildman–Crippen MR) is 78.4 cm³/mol. The fourth-order valence-electron chi connectivity index (χ4n) is 2.15. The molecule has 3 aromatic rings. The number of hydrogen-bond acceptors (Lipinski definition) is 3. The maximum Gasteiger partial charge on any atom is 0.336 e. The first-order valence-electron chi connectivity index (χ1n) is 6.19. The Bertz CT molecular complexity index is 770.